The molecule has 6 heteroatoms. The monoisotopic (exact) mass is 339 g/mol. The van der Waals surface area contributed by atoms with Crippen LogP contribution in [-0.2, 0) is 11.2 Å². The molecule has 0 bridgehead atoms. The SMILES string of the molecule is COc1cccc2c1N([C@@H](C)c1ccccc1)C(=O)[C@H](NC(N)=O)C2. The van der Waals surface area contributed by atoms with Crippen LogP contribution in [0.25, 0.3) is 0 Å². The molecule has 0 spiro atoms. The number of nitrogens with two attached hydrogens (primary N) is 1. The minimum Gasteiger partial charge on any atom is -0.495 e. The van der Waals surface area contributed by atoms with Crippen molar-refractivity contribution in [2.45, 2.75) is 25.4 Å². The van der Waals surface area contributed by atoms with Crippen LogP contribution in [0.3, 0.4) is 0 Å². The number of benzene rings is 2. The number of carbonyl (C=O) groups is 2. The van der Waals surface area contributed by atoms with Crippen LogP contribution in [0.15, 0.2) is 48.5 Å². The van der Waals surface area contributed by atoms with Crippen molar-refractivity contribution in [2.75, 3.05) is 12.0 Å². The molecular formula is C19H21N3O3. The summed E-state index contributed by atoms with van der Waals surface area (Å²) in [6.45, 7) is 1.95. The minimum atomic E-state index is -0.711. The quantitative estimate of drug-likeness (QED) is 0.897. The molecule has 25 heavy (non-hydrogen) atoms. The Morgan fingerprint density at radius 3 is 2.60 bits per heavy atom. The van der Waals surface area contributed by atoms with Gasteiger partial charge in [0, 0.05) is 6.42 Å². The van der Waals surface area contributed by atoms with Crippen LogP contribution in [0.5, 0.6) is 5.75 Å². The summed E-state index contributed by atoms with van der Waals surface area (Å²) < 4.78 is 5.49. The van der Waals surface area contributed by atoms with Crippen molar-refractivity contribution in [1.82, 2.24) is 5.32 Å². The number of nitrogens with one attached hydrogen (secondary N) is 1. The molecule has 3 rings (SSSR count). The number of methoxy groups -OCH3 is 1. The van der Waals surface area contributed by atoms with Gasteiger partial charge >= 0.3 is 6.03 Å². The Morgan fingerprint density at radius 1 is 1.24 bits per heavy atom. The molecule has 1 aliphatic heterocycles. The Labute approximate surface area is 146 Å². The fraction of sp³-hybridized carbons (Fsp3) is 0.263. The highest BCUT2D eigenvalue weighted by Gasteiger charge is 2.38. The lowest BCUT2D eigenvalue weighted by Crippen LogP contribution is -2.54. The predicted molar refractivity (Wildman–Crippen MR) is 95.5 cm³/mol. The fourth-order valence-electron chi connectivity index (χ4n) is 3.31. The number of anilines is 1. The lowest BCUT2D eigenvalue weighted by atomic mass is 9.93. The van der Waals surface area contributed by atoms with Crippen LogP contribution in [0, 0.1) is 0 Å². The van der Waals surface area contributed by atoms with Crippen LogP contribution < -0.4 is 20.7 Å². The molecule has 0 fully saturated rings. The van der Waals surface area contributed by atoms with E-state index < -0.39 is 12.1 Å². The summed E-state index contributed by atoms with van der Waals surface area (Å²) in [5.74, 6) is 0.429. The van der Waals surface area contributed by atoms with E-state index in [1.807, 2.05) is 55.5 Å². The first kappa shape index (κ1) is 16.8. The van der Waals surface area contributed by atoms with E-state index in [9.17, 15) is 9.59 Å². The summed E-state index contributed by atoms with van der Waals surface area (Å²) in [6, 6.07) is 13.8. The largest absolute Gasteiger partial charge is 0.495 e. The topological polar surface area (TPSA) is 84.7 Å². The van der Waals surface area contributed by atoms with Crippen LogP contribution in [0.2, 0.25) is 0 Å². The zero-order valence-electron chi connectivity index (χ0n) is 14.2. The molecule has 0 saturated carbocycles. The van der Waals surface area contributed by atoms with Gasteiger partial charge in [0.05, 0.1) is 18.8 Å². The summed E-state index contributed by atoms with van der Waals surface area (Å²) in [4.78, 5) is 26.1. The Balaban J connectivity index is 2.10. The molecule has 1 aliphatic rings. The van der Waals surface area contributed by atoms with E-state index in [1.165, 1.54) is 0 Å². The zero-order chi connectivity index (χ0) is 18.0. The first-order chi connectivity index (χ1) is 12.0. The first-order valence-corrected chi connectivity index (χ1v) is 8.12. The number of carbonyl (C=O) groups excluding carboxylic acids is 2. The van der Waals surface area contributed by atoms with Crippen molar-refractivity contribution in [3.63, 3.8) is 0 Å². The number of amides is 3. The molecule has 1 heterocycles. The van der Waals surface area contributed by atoms with Gasteiger partial charge in [-0.15, -0.1) is 0 Å². The standard InChI is InChI=1S/C19H21N3O3/c1-12(13-7-4-3-5-8-13)22-17-14(9-6-10-16(17)25-2)11-15(18(22)23)21-19(20)24/h3-10,12,15H,11H2,1-2H3,(H3,20,21,24)/t12-,15+/m0/s1. The van der Waals surface area contributed by atoms with Crippen molar-refractivity contribution >= 4 is 17.6 Å². The van der Waals surface area contributed by atoms with Crippen molar-refractivity contribution in [2.24, 2.45) is 5.73 Å². The maximum Gasteiger partial charge on any atom is 0.312 e. The molecule has 0 saturated heterocycles. The molecule has 3 amide bonds. The second-order valence-electron chi connectivity index (χ2n) is 6.03. The number of hydrogen-bond donors (Lipinski definition) is 2. The molecule has 2 aromatic rings. The van der Waals surface area contributed by atoms with E-state index in [1.54, 1.807) is 12.0 Å². The van der Waals surface area contributed by atoms with Crippen molar-refractivity contribution in [3.05, 3.63) is 59.7 Å². The Bertz CT molecular complexity index is 792. The number of hydrogen-bond acceptors (Lipinski definition) is 3. The van der Waals surface area contributed by atoms with Gasteiger partial charge in [-0.1, -0.05) is 42.5 Å². The number of urea groups is 1. The Hall–Kier alpha value is -3.02. The van der Waals surface area contributed by atoms with Crippen LogP contribution in [0.1, 0.15) is 24.1 Å². The average molecular weight is 339 g/mol. The van der Waals surface area contributed by atoms with Crippen molar-refractivity contribution in [1.29, 1.82) is 0 Å². The van der Waals surface area contributed by atoms with Gasteiger partial charge in [-0.3, -0.25) is 9.69 Å². The number of fused-ring (bicyclic) bond motifs is 1. The molecule has 2 atom stereocenters. The van der Waals surface area contributed by atoms with E-state index in [-0.39, 0.29) is 11.9 Å². The number of ether oxygens (including phenoxy) is 1. The summed E-state index contributed by atoms with van der Waals surface area (Å²) in [5.41, 5.74) is 7.92. The lowest BCUT2D eigenvalue weighted by Gasteiger charge is -2.39. The Morgan fingerprint density at radius 2 is 1.96 bits per heavy atom. The van der Waals surface area contributed by atoms with Crippen molar-refractivity contribution in [3.8, 4) is 5.75 Å². The van der Waals surface area contributed by atoms with Gasteiger partial charge in [-0.2, -0.15) is 0 Å². The molecule has 6 nitrogen and oxygen atoms in total. The first-order valence-electron chi connectivity index (χ1n) is 8.12. The van der Waals surface area contributed by atoms with Gasteiger partial charge in [0.15, 0.2) is 0 Å². The Kier molecular flexibility index (Phi) is 4.61. The van der Waals surface area contributed by atoms with Crippen LogP contribution in [-0.4, -0.2) is 25.1 Å². The van der Waals surface area contributed by atoms with Gasteiger partial charge in [0.2, 0.25) is 0 Å². The molecule has 0 aliphatic carbocycles. The van der Waals surface area contributed by atoms with Crippen LogP contribution >= 0.6 is 0 Å². The maximum absolute atomic E-state index is 13.1. The molecule has 0 radical (unpaired) electrons. The highest BCUT2D eigenvalue weighted by atomic mass is 16.5. The third-order valence-corrected chi connectivity index (χ3v) is 4.49. The fourth-order valence-corrected chi connectivity index (χ4v) is 3.31. The van der Waals surface area contributed by atoms with E-state index in [2.05, 4.69) is 5.32 Å². The molecule has 3 N–H and O–H groups in total. The van der Waals surface area contributed by atoms with Gasteiger partial charge in [-0.25, -0.2) is 4.79 Å². The molecular weight excluding hydrogens is 318 g/mol. The molecule has 2 aromatic carbocycles. The van der Waals surface area contributed by atoms with E-state index in [0.29, 0.717) is 12.2 Å². The van der Waals surface area contributed by atoms with E-state index in [0.717, 1.165) is 16.8 Å². The number of para-hydroxylation sites is 1. The minimum absolute atomic E-state index is 0.202. The maximum atomic E-state index is 13.1. The third-order valence-electron chi connectivity index (χ3n) is 4.49. The number of primary amides is 1. The molecule has 0 unspecified atom stereocenters. The smallest absolute Gasteiger partial charge is 0.312 e. The van der Waals surface area contributed by atoms with Gasteiger partial charge in [-0.05, 0) is 24.1 Å². The lowest BCUT2D eigenvalue weighted by molar-refractivity contribution is -0.121. The second-order valence-corrected chi connectivity index (χ2v) is 6.03. The summed E-state index contributed by atoms with van der Waals surface area (Å²) in [5, 5.41) is 2.55. The van der Waals surface area contributed by atoms with Gasteiger partial charge < -0.3 is 15.8 Å². The number of rotatable bonds is 4. The normalized spacial score (nSPS) is 17.6. The second kappa shape index (κ2) is 6.84. The highest BCUT2D eigenvalue weighted by molar-refractivity contribution is 6.03. The average Bonchev–Trinajstić information content (AvgIpc) is 2.62. The summed E-state index contributed by atoms with van der Waals surface area (Å²) in [6.07, 6.45) is 0.381. The van der Waals surface area contributed by atoms with Gasteiger partial charge in [0.25, 0.3) is 5.91 Å². The van der Waals surface area contributed by atoms with Crippen LogP contribution in [0.4, 0.5) is 10.5 Å². The van der Waals surface area contributed by atoms with Gasteiger partial charge in [0.1, 0.15) is 11.8 Å². The van der Waals surface area contributed by atoms with E-state index in [4.69, 9.17) is 10.5 Å². The van der Waals surface area contributed by atoms with Crippen molar-refractivity contribution < 1.29 is 14.3 Å². The molecule has 130 valence electrons. The summed E-state index contributed by atoms with van der Waals surface area (Å²) in [7, 11) is 1.58. The predicted octanol–water partition coefficient (Wildman–Crippen LogP) is 2.38. The number of nitrogens with zero attached hydrogens (tertiary/aromatic N) is 1. The zero-order valence-corrected chi connectivity index (χ0v) is 14.2. The van der Waals surface area contributed by atoms with E-state index >= 15 is 0 Å². The summed E-state index contributed by atoms with van der Waals surface area (Å²) >= 11 is 0. The third kappa shape index (κ3) is 3.15. The molecule has 0 aromatic heterocycles. The highest BCUT2D eigenvalue weighted by Crippen LogP contribution is 2.41.